The zero-order valence-electron chi connectivity index (χ0n) is 10.8. The molecule has 0 heterocycles. The van der Waals surface area contributed by atoms with Gasteiger partial charge in [0.05, 0.1) is 10.6 Å². The lowest BCUT2D eigenvalue weighted by Crippen LogP contribution is -2.39. The second-order valence-corrected chi connectivity index (χ2v) is 6.34. The van der Waals surface area contributed by atoms with Crippen molar-refractivity contribution >= 4 is 29.3 Å². The van der Waals surface area contributed by atoms with Crippen LogP contribution in [0.15, 0.2) is 18.2 Å². The summed E-state index contributed by atoms with van der Waals surface area (Å²) in [6.07, 6.45) is 6.27. The van der Waals surface area contributed by atoms with Gasteiger partial charge in [-0.2, -0.15) is 11.8 Å². The molecule has 0 spiro atoms. The molecule has 1 aromatic rings. The maximum atomic E-state index is 13.6. The van der Waals surface area contributed by atoms with Crippen LogP contribution in [0.5, 0.6) is 0 Å². The lowest BCUT2D eigenvalue weighted by molar-refractivity contribution is 0.0924. The summed E-state index contributed by atoms with van der Waals surface area (Å²) >= 11 is 7.72. The topological polar surface area (TPSA) is 29.1 Å². The van der Waals surface area contributed by atoms with Gasteiger partial charge in [-0.25, -0.2) is 4.39 Å². The Labute approximate surface area is 122 Å². The summed E-state index contributed by atoms with van der Waals surface area (Å²) in [5, 5.41) is 3.65. The van der Waals surface area contributed by atoms with Crippen molar-refractivity contribution in [3.63, 3.8) is 0 Å². The van der Waals surface area contributed by atoms with Gasteiger partial charge in [-0.05, 0) is 37.7 Å². The smallest absolute Gasteiger partial charge is 0.255 e. The maximum Gasteiger partial charge on any atom is 0.255 e. The lowest BCUT2D eigenvalue weighted by atomic mass is 9.94. The first-order valence-corrected chi connectivity index (χ1v) is 8.06. The number of carbonyl (C=O) groups excluding carboxylic acids is 1. The Bertz CT molecular complexity index is 449. The van der Waals surface area contributed by atoms with Crippen LogP contribution in [-0.4, -0.2) is 23.5 Å². The maximum absolute atomic E-state index is 13.6. The Morgan fingerprint density at radius 1 is 1.47 bits per heavy atom. The molecule has 1 aromatic carbocycles. The molecule has 1 aliphatic rings. The monoisotopic (exact) mass is 301 g/mol. The third kappa shape index (κ3) is 3.63. The van der Waals surface area contributed by atoms with E-state index in [0.717, 1.165) is 19.3 Å². The normalized spacial score (nSPS) is 23.1. The summed E-state index contributed by atoms with van der Waals surface area (Å²) < 4.78 is 13.6. The predicted octanol–water partition coefficient (Wildman–Crippen LogP) is 3.88. The summed E-state index contributed by atoms with van der Waals surface area (Å²) in [4.78, 5) is 12.1. The highest BCUT2D eigenvalue weighted by Gasteiger charge is 2.24. The number of hydrogen-bond donors (Lipinski definition) is 1. The summed E-state index contributed by atoms with van der Waals surface area (Å²) in [5.74, 6) is -0.975. The van der Waals surface area contributed by atoms with E-state index >= 15 is 0 Å². The van der Waals surface area contributed by atoms with Gasteiger partial charge in [0.25, 0.3) is 5.91 Å². The Hall–Kier alpha value is -0.740. The Kier molecular flexibility index (Phi) is 5.11. The van der Waals surface area contributed by atoms with Crippen LogP contribution in [-0.2, 0) is 0 Å². The molecule has 1 N–H and O–H groups in total. The van der Waals surface area contributed by atoms with Gasteiger partial charge in [0, 0.05) is 11.3 Å². The highest BCUT2D eigenvalue weighted by atomic mass is 35.5. The molecule has 0 saturated heterocycles. The van der Waals surface area contributed by atoms with Gasteiger partial charge in [-0.1, -0.05) is 24.1 Å². The molecule has 2 atom stereocenters. The first-order valence-electron chi connectivity index (χ1n) is 6.39. The van der Waals surface area contributed by atoms with Crippen LogP contribution in [0.4, 0.5) is 4.39 Å². The van der Waals surface area contributed by atoms with E-state index in [1.165, 1.54) is 24.6 Å². The molecule has 1 amide bonds. The minimum atomic E-state index is -0.567. The molecule has 1 fully saturated rings. The second kappa shape index (κ2) is 6.62. The van der Waals surface area contributed by atoms with Crippen LogP contribution >= 0.6 is 23.4 Å². The van der Waals surface area contributed by atoms with Gasteiger partial charge in [0.1, 0.15) is 5.82 Å². The first-order chi connectivity index (χ1) is 9.11. The third-order valence-corrected chi connectivity index (χ3v) is 4.89. The minimum absolute atomic E-state index is 0.0459. The molecular weight excluding hydrogens is 285 g/mol. The molecule has 104 valence electrons. The molecule has 19 heavy (non-hydrogen) atoms. The molecular formula is C14H17ClFNOS. The van der Waals surface area contributed by atoms with E-state index in [4.69, 9.17) is 11.6 Å². The van der Waals surface area contributed by atoms with Gasteiger partial charge >= 0.3 is 0 Å². The molecule has 5 heteroatoms. The van der Waals surface area contributed by atoms with Crippen molar-refractivity contribution in [2.24, 2.45) is 0 Å². The SMILES string of the molecule is CS[C@H]1CCC[C@H](NC(=O)c2c(F)cccc2Cl)C1. The molecule has 0 radical (unpaired) electrons. The quantitative estimate of drug-likeness (QED) is 0.918. The molecule has 0 aliphatic heterocycles. The van der Waals surface area contributed by atoms with Crippen molar-refractivity contribution in [3.8, 4) is 0 Å². The van der Waals surface area contributed by atoms with Crippen LogP contribution in [0.25, 0.3) is 0 Å². The molecule has 0 bridgehead atoms. The number of carbonyl (C=O) groups is 1. The van der Waals surface area contributed by atoms with Crippen LogP contribution < -0.4 is 5.32 Å². The van der Waals surface area contributed by atoms with Gasteiger partial charge in [0.15, 0.2) is 0 Å². The summed E-state index contributed by atoms with van der Waals surface area (Å²) in [6, 6.07) is 4.41. The Morgan fingerprint density at radius 2 is 2.26 bits per heavy atom. The van der Waals surface area contributed by atoms with Crippen LogP contribution in [0.3, 0.4) is 0 Å². The van der Waals surface area contributed by atoms with Crippen molar-refractivity contribution < 1.29 is 9.18 Å². The largest absolute Gasteiger partial charge is 0.349 e. The number of benzene rings is 1. The standard InChI is InChI=1S/C14H17ClFNOS/c1-19-10-5-2-4-9(8-10)17-14(18)13-11(15)6-3-7-12(13)16/h3,6-7,9-10H,2,4-5,8H2,1H3,(H,17,18)/t9-,10-/m0/s1. The molecule has 1 saturated carbocycles. The number of amides is 1. The average molecular weight is 302 g/mol. The fraction of sp³-hybridized carbons (Fsp3) is 0.500. The highest BCUT2D eigenvalue weighted by molar-refractivity contribution is 7.99. The Balaban J connectivity index is 2.05. The fourth-order valence-corrected chi connectivity index (χ4v) is 3.54. The number of nitrogens with one attached hydrogen (secondary N) is 1. The summed E-state index contributed by atoms with van der Waals surface area (Å²) in [7, 11) is 0. The van der Waals surface area contributed by atoms with Crippen LogP contribution in [0.2, 0.25) is 5.02 Å². The number of rotatable bonds is 3. The van der Waals surface area contributed by atoms with Gasteiger partial charge in [-0.15, -0.1) is 0 Å². The van der Waals surface area contributed by atoms with E-state index < -0.39 is 11.7 Å². The fourth-order valence-electron chi connectivity index (χ4n) is 2.46. The van der Waals surface area contributed by atoms with Crippen molar-refractivity contribution in [3.05, 3.63) is 34.6 Å². The predicted molar refractivity (Wildman–Crippen MR) is 78.4 cm³/mol. The van der Waals surface area contributed by atoms with Gasteiger partial charge < -0.3 is 5.32 Å². The van der Waals surface area contributed by atoms with E-state index in [-0.39, 0.29) is 16.6 Å². The summed E-state index contributed by atoms with van der Waals surface area (Å²) in [5.41, 5.74) is -0.0459. The molecule has 2 nitrogen and oxygen atoms in total. The first kappa shape index (κ1) is 14.7. The molecule has 1 aliphatic carbocycles. The van der Waals surface area contributed by atoms with Crippen LogP contribution in [0.1, 0.15) is 36.0 Å². The van der Waals surface area contributed by atoms with Crippen LogP contribution in [0, 0.1) is 5.82 Å². The number of hydrogen-bond acceptors (Lipinski definition) is 2. The van der Waals surface area contributed by atoms with Crippen molar-refractivity contribution in [2.45, 2.75) is 37.0 Å². The van der Waals surface area contributed by atoms with E-state index in [0.29, 0.717) is 5.25 Å². The lowest BCUT2D eigenvalue weighted by Gasteiger charge is -2.28. The van der Waals surface area contributed by atoms with E-state index in [1.807, 2.05) is 11.8 Å². The third-order valence-electron chi connectivity index (χ3n) is 3.48. The van der Waals surface area contributed by atoms with Gasteiger partial charge in [0.2, 0.25) is 0 Å². The molecule has 0 aromatic heterocycles. The van der Waals surface area contributed by atoms with E-state index in [2.05, 4.69) is 11.6 Å². The second-order valence-electron chi connectivity index (χ2n) is 4.79. The zero-order valence-corrected chi connectivity index (χ0v) is 12.4. The van der Waals surface area contributed by atoms with Gasteiger partial charge in [-0.3, -0.25) is 4.79 Å². The zero-order chi connectivity index (χ0) is 13.8. The van der Waals surface area contributed by atoms with Crippen molar-refractivity contribution in [1.29, 1.82) is 0 Å². The Morgan fingerprint density at radius 3 is 2.95 bits per heavy atom. The molecule has 2 rings (SSSR count). The molecule has 0 unspecified atom stereocenters. The summed E-state index contributed by atoms with van der Waals surface area (Å²) in [6.45, 7) is 0. The van der Waals surface area contributed by atoms with E-state index in [9.17, 15) is 9.18 Å². The number of thioether (sulfide) groups is 1. The minimum Gasteiger partial charge on any atom is -0.349 e. The van der Waals surface area contributed by atoms with Crippen molar-refractivity contribution in [2.75, 3.05) is 6.26 Å². The van der Waals surface area contributed by atoms with Crippen molar-refractivity contribution in [1.82, 2.24) is 5.32 Å². The van der Waals surface area contributed by atoms with E-state index in [1.54, 1.807) is 0 Å². The number of halogens is 2. The average Bonchev–Trinajstić information content (AvgIpc) is 2.38. The highest BCUT2D eigenvalue weighted by Crippen LogP contribution is 2.27.